The van der Waals surface area contributed by atoms with Gasteiger partial charge in [0.05, 0.1) is 24.3 Å². The number of benzene rings is 2. The summed E-state index contributed by atoms with van der Waals surface area (Å²) in [5.41, 5.74) is 8.06. The number of aromatic nitrogens is 3. The number of halogens is 2. The highest BCUT2D eigenvalue weighted by molar-refractivity contribution is 6.36. The third kappa shape index (κ3) is 3.87. The molecule has 10 heteroatoms. The van der Waals surface area contributed by atoms with Gasteiger partial charge in [-0.25, -0.2) is 4.68 Å². The number of hydrogen-bond acceptors (Lipinski definition) is 6. The minimum Gasteiger partial charge on any atom is -0.493 e. The molecule has 0 aliphatic carbocycles. The Morgan fingerprint density at radius 2 is 2.00 bits per heavy atom. The van der Waals surface area contributed by atoms with Crippen LogP contribution >= 0.6 is 23.2 Å². The molecule has 2 heterocycles. The molecule has 4 rings (SSSR count). The van der Waals surface area contributed by atoms with E-state index in [0.29, 0.717) is 56.8 Å². The van der Waals surface area contributed by atoms with E-state index in [9.17, 15) is 4.79 Å². The first kappa shape index (κ1) is 22.0. The number of allylic oxidation sites excluding steroid dienone is 1. The SMILES string of the molecule is CCOc1ccc(C2C(C(N)=O)=C(C)Nc3nc(-c4ccc(Cl)cc4Cl)nn32)cc1OC. The molecule has 8 nitrogen and oxygen atoms in total. The predicted molar refractivity (Wildman–Crippen MR) is 123 cm³/mol. The number of anilines is 1. The van der Waals surface area contributed by atoms with Crippen LogP contribution in [0.3, 0.4) is 0 Å². The molecule has 0 saturated heterocycles. The van der Waals surface area contributed by atoms with Gasteiger partial charge in [-0.2, -0.15) is 4.98 Å². The monoisotopic (exact) mass is 473 g/mol. The fraction of sp³-hybridized carbons (Fsp3) is 0.227. The van der Waals surface area contributed by atoms with Crippen LogP contribution in [0.2, 0.25) is 10.0 Å². The fourth-order valence-corrected chi connectivity index (χ4v) is 4.19. The number of amides is 1. The number of carbonyl (C=O) groups excluding carboxylic acids is 1. The smallest absolute Gasteiger partial charge is 0.248 e. The molecule has 32 heavy (non-hydrogen) atoms. The average molecular weight is 474 g/mol. The van der Waals surface area contributed by atoms with Gasteiger partial charge in [-0.05, 0) is 49.7 Å². The lowest BCUT2D eigenvalue weighted by atomic mass is 9.95. The van der Waals surface area contributed by atoms with Crippen molar-refractivity contribution in [2.24, 2.45) is 5.73 Å². The first-order valence-electron chi connectivity index (χ1n) is 9.84. The molecule has 1 unspecified atom stereocenters. The Morgan fingerprint density at radius 1 is 1.22 bits per heavy atom. The third-order valence-electron chi connectivity index (χ3n) is 5.09. The third-order valence-corrected chi connectivity index (χ3v) is 5.64. The molecule has 1 atom stereocenters. The Morgan fingerprint density at radius 3 is 2.66 bits per heavy atom. The molecular formula is C22H21Cl2N5O3. The van der Waals surface area contributed by atoms with Crippen molar-refractivity contribution < 1.29 is 14.3 Å². The van der Waals surface area contributed by atoms with Crippen LogP contribution in [0.1, 0.15) is 25.5 Å². The number of hydrogen-bond donors (Lipinski definition) is 2. The standard InChI is InChI=1S/C22H21Cl2N5O3/c1-4-32-16-8-5-12(9-17(16)31-3)19-18(20(25)30)11(2)26-22-27-21(28-29(19)22)14-7-6-13(23)10-15(14)24/h5-10,19H,4H2,1-3H3,(H2,25,30)(H,26,27,28). The van der Waals surface area contributed by atoms with Crippen LogP contribution in [-0.4, -0.2) is 34.4 Å². The number of rotatable bonds is 6. The second kappa shape index (κ2) is 8.72. The van der Waals surface area contributed by atoms with Gasteiger partial charge >= 0.3 is 0 Å². The van der Waals surface area contributed by atoms with Gasteiger partial charge in [0.15, 0.2) is 17.3 Å². The Bertz CT molecular complexity index is 1240. The zero-order valence-electron chi connectivity index (χ0n) is 17.6. The van der Waals surface area contributed by atoms with Crippen LogP contribution in [-0.2, 0) is 4.79 Å². The summed E-state index contributed by atoms with van der Waals surface area (Å²) in [5, 5.41) is 8.69. The maximum absolute atomic E-state index is 12.4. The van der Waals surface area contributed by atoms with Crippen molar-refractivity contribution in [3.63, 3.8) is 0 Å². The summed E-state index contributed by atoms with van der Waals surface area (Å²) in [6.45, 7) is 4.15. The molecule has 3 N–H and O–H groups in total. The number of methoxy groups -OCH3 is 1. The molecule has 1 aliphatic heterocycles. The Balaban J connectivity index is 1.88. The molecule has 1 amide bonds. The summed E-state index contributed by atoms with van der Waals surface area (Å²) in [4.78, 5) is 17.0. The molecular weight excluding hydrogens is 453 g/mol. The number of nitrogens with zero attached hydrogens (tertiary/aromatic N) is 3. The summed E-state index contributed by atoms with van der Waals surface area (Å²) in [7, 11) is 1.56. The Kier molecular flexibility index (Phi) is 5.99. The summed E-state index contributed by atoms with van der Waals surface area (Å²) < 4.78 is 12.7. The van der Waals surface area contributed by atoms with Crippen molar-refractivity contribution in [3.8, 4) is 22.9 Å². The van der Waals surface area contributed by atoms with Crippen molar-refractivity contribution in [1.82, 2.24) is 14.8 Å². The lowest BCUT2D eigenvalue weighted by Crippen LogP contribution is -2.31. The van der Waals surface area contributed by atoms with Gasteiger partial charge < -0.3 is 20.5 Å². The van der Waals surface area contributed by atoms with E-state index in [2.05, 4.69) is 15.4 Å². The van der Waals surface area contributed by atoms with Gasteiger partial charge in [0.1, 0.15) is 6.04 Å². The molecule has 0 radical (unpaired) electrons. The number of ether oxygens (including phenoxy) is 2. The zero-order valence-corrected chi connectivity index (χ0v) is 19.2. The predicted octanol–water partition coefficient (Wildman–Crippen LogP) is 4.43. The van der Waals surface area contributed by atoms with E-state index in [0.717, 1.165) is 5.56 Å². The van der Waals surface area contributed by atoms with Gasteiger partial charge in [0, 0.05) is 16.3 Å². The number of primary amides is 1. The van der Waals surface area contributed by atoms with Crippen molar-refractivity contribution in [2.75, 3.05) is 19.0 Å². The van der Waals surface area contributed by atoms with E-state index in [1.165, 1.54) is 0 Å². The largest absolute Gasteiger partial charge is 0.493 e. The molecule has 1 aromatic heterocycles. The highest BCUT2D eigenvalue weighted by Gasteiger charge is 2.34. The number of carbonyl (C=O) groups is 1. The maximum atomic E-state index is 12.4. The Labute approximate surface area is 194 Å². The summed E-state index contributed by atoms with van der Waals surface area (Å²) in [6.07, 6.45) is 0. The lowest BCUT2D eigenvalue weighted by molar-refractivity contribution is -0.115. The van der Waals surface area contributed by atoms with Crippen LogP contribution in [0.5, 0.6) is 11.5 Å². The second-order valence-corrected chi connectivity index (χ2v) is 7.95. The van der Waals surface area contributed by atoms with Crippen LogP contribution in [0.4, 0.5) is 5.95 Å². The first-order chi connectivity index (χ1) is 15.3. The molecule has 166 valence electrons. The Hall–Kier alpha value is -3.23. The van der Waals surface area contributed by atoms with Crippen molar-refractivity contribution in [2.45, 2.75) is 19.9 Å². The quantitative estimate of drug-likeness (QED) is 0.548. The second-order valence-electron chi connectivity index (χ2n) is 7.10. The summed E-state index contributed by atoms with van der Waals surface area (Å²) >= 11 is 12.4. The number of fused-ring (bicyclic) bond motifs is 1. The van der Waals surface area contributed by atoms with Gasteiger partial charge in [0.25, 0.3) is 0 Å². The van der Waals surface area contributed by atoms with Crippen LogP contribution in [0.15, 0.2) is 47.7 Å². The average Bonchev–Trinajstić information content (AvgIpc) is 3.16. The van der Waals surface area contributed by atoms with Crippen molar-refractivity contribution in [3.05, 3.63) is 63.3 Å². The fourth-order valence-electron chi connectivity index (χ4n) is 3.69. The lowest BCUT2D eigenvalue weighted by Gasteiger charge is -2.28. The van der Waals surface area contributed by atoms with E-state index >= 15 is 0 Å². The van der Waals surface area contributed by atoms with E-state index < -0.39 is 11.9 Å². The number of nitrogens with one attached hydrogen (secondary N) is 1. The van der Waals surface area contributed by atoms with Crippen LogP contribution in [0, 0.1) is 0 Å². The summed E-state index contributed by atoms with van der Waals surface area (Å²) in [6, 6.07) is 9.90. The maximum Gasteiger partial charge on any atom is 0.248 e. The van der Waals surface area contributed by atoms with Gasteiger partial charge in [-0.1, -0.05) is 29.3 Å². The van der Waals surface area contributed by atoms with E-state index in [-0.39, 0.29) is 0 Å². The molecule has 0 saturated carbocycles. The van der Waals surface area contributed by atoms with Crippen LogP contribution in [0.25, 0.3) is 11.4 Å². The topological polar surface area (TPSA) is 104 Å². The molecule has 0 bridgehead atoms. The molecule has 0 spiro atoms. The van der Waals surface area contributed by atoms with E-state index in [1.807, 2.05) is 13.0 Å². The molecule has 3 aromatic rings. The van der Waals surface area contributed by atoms with Gasteiger partial charge in [-0.3, -0.25) is 4.79 Å². The molecule has 2 aromatic carbocycles. The van der Waals surface area contributed by atoms with Gasteiger partial charge in [-0.15, -0.1) is 5.10 Å². The first-order valence-corrected chi connectivity index (χ1v) is 10.6. The zero-order chi connectivity index (χ0) is 23.0. The molecule has 1 aliphatic rings. The molecule has 0 fully saturated rings. The summed E-state index contributed by atoms with van der Waals surface area (Å²) in [5.74, 6) is 1.40. The minimum absolute atomic E-state index is 0.363. The van der Waals surface area contributed by atoms with E-state index in [4.69, 9.17) is 38.4 Å². The van der Waals surface area contributed by atoms with Crippen LogP contribution < -0.4 is 20.5 Å². The highest BCUT2D eigenvalue weighted by atomic mass is 35.5. The van der Waals surface area contributed by atoms with Crippen molar-refractivity contribution >= 4 is 35.1 Å². The number of nitrogens with two attached hydrogens (primary N) is 1. The normalized spacial score (nSPS) is 15.2. The van der Waals surface area contributed by atoms with Gasteiger partial charge in [0.2, 0.25) is 11.9 Å². The highest BCUT2D eigenvalue weighted by Crippen LogP contribution is 2.40. The van der Waals surface area contributed by atoms with E-state index in [1.54, 1.807) is 49.0 Å². The van der Waals surface area contributed by atoms with Crippen molar-refractivity contribution in [1.29, 1.82) is 0 Å². The minimum atomic E-state index is -0.624.